The Morgan fingerprint density at radius 2 is 1.87 bits per heavy atom. The van der Waals surface area contributed by atoms with Crippen LogP contribution in [0.4, 0.5) is 5.82 Å². The van der Waals surface area contributed by atoms with Crippen molar-refractivity contribution in [3.8, 4) is 0 Å². The summed E-state index contributed by atoms with van der Waals surface area (Å²) in [5, 5.41) is 10.3. The molecule has 0 aliphatic carbocycles. The molecule has 2 aromatic heterocycles. The summed E-state index contributed by atoms with van der Waals surface area (Å²) in [4.78, 5) is 31.0. The molecule has 30 heavy (non-hydrogen) atoms. The predicted octanol–water partition coefficient (Wildman–Crippen LogP) is 2.84. The lowest BCUT2D eigenvalue weighted by atomic mass is 9.98. The third-order valence-corrected chi connectivity index (χ3v) is 6.01. The van der Waals surface area contributed by atoms with Crippen LogP contribution >= 0.6 is 0 Å². The first-order chi connectivity index (χ1) is 14.3. The summed E-state index contributed by atoms with van der Waals surface area (Å²) in [7, 11) is 0. The van der Waals surface area contributed by atoms with Crippen LogP contribution in [0.1, 0.15) is 73.8 Å². The van der Waals surface area contributed by atoms with Crippen molar-refractivity contribution < 1.29 is 14.3 Å². The fraction of sp³-hybridized carbons (Fsp3) is 0.636. The van der Waals surface area contributed by atoms with Crippen molar-refractivity contribution in [3.63, 3.8) is 0 Å². The molecule has 1 atom stereocenters. The standard InChI is InChI=1S/C22H31N5O3/c1-15-19(22(2,3)29)25-17(30-15)14-16-8-4-5-13-27(16)21(28)18-20(24-10-9-23-18)26-11-6-7-12-26/h9-10,16,29H,4-8,11-14H2,1-3H3. The summed E-state index contributed by atoms with van der Waals surface area (Å²) in [6.45, 7) is 7.74. The first kappa shape index (κ1) is 20.8. The van der Waals surface area contributed by atoms with Gasteiger partial charge in [0.05, 0.1) is 0 Å². The molecule has 2 aliphatic heterocycles. The molecule has 4 rings (SSSR count). The van der Waals surface area contributed by atoms with E-state index < -0.39 is 5.60 Å². The van der Waals surface area contributed by atoms with Crippen molar-refractivity contribution in [2.24, 2.45) is 0 Å². The molecule has 1 amide bonds. The zero-order valence-electron chi connectivity index (χ0n) is 18.1. The molecule has 0 spiro atoms. The Hall–Kier alpha value is -2.48. The largest absolute Gasteiger partial charge is 0.446 e. The van der Waals surface area contributed by atoms with Crippen molar-refractivity contribution in [2.75, 3.05) is 24.5 Å². The number of nitrogens with zero attached hydrogens (tertiary/aromatic N) is 5. The summed E-state index contributed by atoms with van der Waals surface area (Å²) >= 11 is 0. The second-order valence-corrected chi connectivity index (χ2v) is 8.85. The van der Waals surface area contributed by atoms with Crippen molar-refractivity contribution in [1.82, 2.24) is 19.9 Å². The molecular weight excluding hydrogens is 382 g/mol. The minimum atomic E-state index is -1.06. The van der Waals surface area contributed by atoms with E-state index in [1.54, 1.807) is 26.2 Å². The number of oxazole rings is 1. The molecule has 0 radical (unpaired) electrons. The normalized spacial score (nSPS) is 20.1. The third kappa shape index (κ3) is 4.19. The molecule has 162 valence electrons. The van der Waals surface area contributed by atoms with E-state index in [0.29, 0.717) is 41.8 Å². The number of carbonyl (C=O) groups excluding carboxylic acids is 1. The van der Waals surface area contributed by atoms with Crippen LogP contribution in [-0.2, 0) is 12.0 Å². The predicted molar refractivity (Wildman–Crippen MR) is 112 cm³/mol. The maximum absolute atomic E-state index is 13.5. The average Bonchev–Trinajstić information content (AvgIpc) is 3.37. The molecule has 0 saturated carbocycles. The number of aliphatic hydroxyl groups is 1. The molecule has 8 heteroatoms. The fourth-order valence-corrected chi connectivity index (χ4v) is 4.57. The lowest BCUT2D eigenvalue weighted by Gasteiger charge is -2.35. The number of hydrogen-bond donors (Lipinski definition) is 1. The Balaban J connectivity index is 1.57. The van der Waals surface area contributed by atoms with Gasteiger partial charge in [-0.3, -0.25) is 4.79 Å². The quantitative estimate of drug-likeness (QED) is 0.805. The van der Waals surface area contributed by atoms with E-state index in [4.69, 9.17) is 4.42 Å². The van der Waals surface area contributed by atoms with Crippen LogP contribution in [0.25, 0.3) is 0 Å². The van der Waals surface area contributed by atoms with Crippen LogP contribution in [0, 0.1) is 6.92 Å². The summed E-state index contributed by atoms with van der Waals surface area (Å²) in [6, 6.07) is -0.00705. The van der Waals surface area contributed by atoms with Crippen molar-refractivity contribution in [1.29, 1.82) is 0 Å². The molecule has 2 saturated heterocycles. The van der Waals surface area contributed by atoms with Crippen molar-refractivity contribution >= 4 is 11.7 Å². The van der Waals surface area contributed by atoms with Gasteiger partial charge >= 0.3 is 0 Å². The summed E-state index contributed by atoms with van der Waals surface area (Å²) in [5.41, 5.74) is -0.0680. The highest BCUT2D eigenvalue weighted by Gasteiger charge is 2.33. The van der Waals surface area contributed by atoms with Crippen LogP contribution in [0.3, 0.4) is 0 Å². The second-order valence-electron chi connectivity index (χ2n) is 8.85. The lowest BCUT2D eigenvalue weighted by Crippen LogP contribution is -2.45. The second kappa shape index (κ2) is 8.34. The molecule has 0 bridgehead atoms. The van der Waals surface area contributed by atoms with E-state index in [2.05, 4.69) is 19.9 Å². The van der Waals surface area contributed by atoms with Gasteiger partial charge in [0.15, 0.2) is 17.4 Å². The minimum Gasteiger partial charge on any atom is -0.446 e. The molecule has 2 fully saturated rings. The number of likely N-dealkylation sites (tertiary alicyclic amines) is 1. The number of hydrogen-bond acceptors (Lipinski definition) is 7. The van der Waals surface area contributed by atoms with Gasteiger partial charge in [-0.1, -0.05) is 0 Å². The summed E-state index contributed by atoms with van der Waals surface area (Å²) in [6.07, 6.45) is 8.94. The molecule has 4 heterocycles. The van der Waals surface area contributed by atoms with E-state index in [1.165, 1.54) is 0 Å². The van der Waals surface area contributed by atoms with E-state index in [0.717, 1.165) is 45.2 Å². The topological polar surface area (TPSA) is 95.6 Å². The van der Waals surface area contributed by atoms with Crippen LogP contribution in [-0.4, -0.2) is 56.5 Å². The highest BCUT2D eigenvalue weighted by molar-refractivity contribution is 5.97. The summed E-state index contributed by atoms with van der Waals surface area (Å²) < 4.78 is 5.84. The molecule has 1 unspecified atom stereocenters. The van der Waals surface area contributed by atoms with Crippen molar-refractivity contribution in [2.45, 2.75) is 70.9 Å². The fourth-order valence-electron chi connectivity index (χ4n) is 4.57. The Bertz CT molecular complexity index is 898. The Morgan fingerprint density at radius 1 is 1.17 bits per heavy atom. The molecular formula is C22H31N5O3. The van der Waals surface area contributed by atoms with E-state index >= 15 is 0 Å². The van der Waals surface area contributed by atoms with Gasteiger partial charge < -0.3 is 19.3 Å². The average molecular weight is 414 g/mol. The number of amides is 1. The lowest BCUT2D eigenvalue weighted by molar-refractivity contribution is 0.0598. The van der Waals surface area contributed by atoms with Crippen LogP contribution in [0.5, 0.6) is 0 Å². The number of carbonyl (C=O) groups is 1. The van der Waals surface area contributed by atoms with Gasteiger partial charge in [-0.05, 0) is 52.9 Å². The van der Waals surface area contributed by atoms with Gasteiger partial charge in [-0.2, -0.15) is 0 Å². The minimum absolute atomic E-state index is 0.00705. The highest BCUT2D eigenvalue weighted by Crippen LogP contribution is 2.28. The molecule has 1 N–H and O–H groups in total. The highest BCUT2D eigenvalue weighted by atomic mass is 16.4. The Labute approximate surface area is 177 Å². The van der Waals surface area contributed by atoms with Gasteiger partial charge in [0.1, 0.15) is 17.1 Å². The zero-order chi connectivity index (χ0) is 21.3. The van der Waals surface area contributed by atoms with E-state index in [-0.39, 0.29) is 11.9 Å². The van der Waals surface area contributed by atoms with Crippen LogP contribution in [0.15, 0.2) is 16.8 Å². The van der Waals surface area contributed by atoms with Gasteiger partial charge in [0.2, 0.25) is 0 Å². The van der Waals surface area contributed by atoms with Crippen LogP contribution < -0.4 is 4.90 Å². The van der Waals surface area contributed by atoms with Crippen molar-refractivity contribution in [3.05, 3.63) is 35.4 Å². The van der Waals surface area contributed by atoms with Gasteiger partial charge in [0.25, 0.3) is 5.91 Å². The first-order valence-electron chi connectivity index (χ1n) is 10.9. The van der Waals surface area contributed by atoms with Gasteiger partial charge in [0, 0.05) is 44.5 Å². The van der Waals surface area contributed by atoms with Gasteiger partial charge in [-0.15, -0.1) is 0 Å². The van der Waals surface area contributed by atoms with Gasteiger partial charge in [-0.25, -0.2) is 15.0 Å². The number of anilines is 1. The zero-order valence-corrected chi connectivity index (χ0v) is 18.1. The third-order valence-electron chi connectivity index (χ3n) is 6.01. The molecule has 2 aliphatic rings. The Kier molecular flexibility index (Phi) is 5.77. The number of piperidine rings is 1. The number of aromatic nitrogens is 3. The van der Waals surface area contributed by atoms with Crippen LogP contribution in [0.2, 0.25) is 0 Å². The smallest absolute Gasteiger partial charge is 0.276 e. The SMILES string of the molecule is Cc1oc(CC2CCCCN2C(=O)c2nccnc2N2CCCC2)nc1C(C)(C)O. The van der Waals surface area contributed by atoms with E-state index in [1.807, 2.05) is 11.8 Å². The maximum atomic E-state index is 13.5. The summed E-state index contributed by atoms with van der Waals surface area (Å²) in [5.74, 6) is 1.81. The number of rotatable bonds is 5. The monoisotopic (exact) mass is 413 g/mol. The molecule has 2 aromatic rings. The first-order valence-corrected chi connectivity index (χ1v) is 10.9. The van der Waals surface area contributed by atoms with E-state index in [9.17, 15) is 9.90 Å². The molecule has 8 nitrogen and oxygen atoms in total. The number of aryl methyl sites for hydroxylation is 1. The Morgan fingerprint density at radius 3 is 2.57 bits per heavy atom. The molecule has 0 aromatic carbocycles. The maximum Gasteiger partial charge on any atom is 0.276 e.